The average Bonchev–Trinajstić information content (AvgIpc) is 2.37. The Morgan fingerprint density at radius 3 is 2.65 bits per heavy atom. The second-order valence-electron chi connectivity index (χ2n) is 4.34. The molecular weight excluding hydrogens is 282 g/mol. The largest absolute Gasteiger partial charge is 0.490 e. The summed E-state index contributed by atoms with van der Waals surface area (Å²) in [7, 11) is -1.73. The van der Waals surface area contributed by atoms with Crippen molar-refractivity contribution in [1.29, 1.82) is 0 Å². The quantitative estimate of drug-likeness (QED) is 0.236. The van der Waals surface area contributed by atoms with Crippen LogP contribution in [0.2, 0.25) is 0 Å². The van der Waals surface area contributed by atoms with Gasteiger partial charge in [0.25, 0.3) is 0 Å². The zero-order valence-corrected chi connectivity index (χ0v) is 12.0. The molecule has 4 N–H and O–H groups in total. The number of halogens is 1. The first-order valence-corrected chi connectivity index (χ1v) is 6.48. The van der Waals surface area contributed by atoms with Gasteiger partial charge in [-0.05, 0) is 26.0 Å². The maximum absolute atomic E-state index is 11.8. The predicted octanol–water partition coefficient (Wildman–Crippen LogP) is 0.159. The minimum Gasteiger partial charge on any atom is -0.459 e. The summed E-state index contributed by atoms with van der Waals surface area (Å²) in [5.41, 5.74) is 6.05. The highest BCUT2D eigenvalue weighted by Crippen LogP contribution is 2.14. The number of ether oxygens (including phenoxy) is 1. The third-order valence-electron chi connectivity index (χ3n) is 2.29. The lowest BCUT2D eigenvalue weighted by Crippen LogP contribution is -2.31. The van der Waals surface area contributed by atoms with E-state index in [0.717, 1.165) is 0 Å². The van der Waals surface area contributed by atoms with Gasteiger partial charge in [-0.2, -0.15) is 0 Å². The summed E-state index contributed by atoms with van der Waals surface area (Å²) in [6, 6.07) is 4.18. The number of aliphatic imine (C=N–C) groups is 1. The Hall–Kier alpha value is -1.57. The van der Waals surface area contributed by atoms with Crippen molar-refractivity contribution in [3.05, 3.63) is 23.8 Å². The Bertz CT molecular complexity index is 520. The van der Waals surface area contributed by atoms with Crippen molar-refractivity contribution in [2.45, 2.75) is 20.0 Å². The maximum atomic E-state index is 11.8. The van der Waals surface area contributed by atoms with E-state index in [1.807, 2.05) is 0 Å². The first-order valence-electron chi connectivity index (χ1n) is 5.95. The summed E-state index contributed by atoms with van der Waals surface area (Å²) < 4.78 is 5.05. The van der Waals surface area contributed by atoms with Gasteiger partial charge < -0.3 is 20.5 Å². The van der Waals surface area contributed by atoms with Crippen LogP contribution in [0.5, 0.6) is 0 Å². The summed E-state index contributed by atoms with van der Waals surface area (Å²) in [6.07, 6.45) is -0.259. The molecule has 0 amide bonds. The monoisotopic (exact) mass is 298 g/mol. The van der Waals surface area contributed by atoms with Gasteiger partial charge in [0.2, 0.25) is 0 Å². The molecule has 1 aromatic rings. The molecule has 0 heterocycles. The molecular formula is C12H16BClN2O4. The first kappa shape index (κ1) is 16.5. The van der Waals surface area contributed by atoms with Gasteiger partial charge in [-0.25, -0.2) is 9.79 Å². The number of amidine groups is 1. The Labute approximate surface area is 122 Å². The third kappa shape index (κ3) is 4.52. The van der Waals surface area contributed by atoms with Crippen LogP contribution in [-0.2, 0) is 4.74 Å². The third-order valence-corrected chi connectivity index (χ3v) is 2.56. The van der Waals surface area contributed by atoms with Crippen molar-refractivity contribution in [2.75, 3.05) is 5.88 Å². The van der Waals surface area contributed by atoms with Crippen LogP contribution in [0, 0.1) is 0 Å². The van der Waals surface area contributed by atoms with Crippen LogP contribution < -0.4 is 11.2 Å². The highest BCUT2D eigenvalue weighted by molar-refractivity contribution is 6.60. The van der Waals surface area contributed by atoms with E-state index >= 15 is 0 Å². The molecule has 20 heavy (non-hydrogen) atoms. The van der Waals surface area contributed by atoms with Gasteiger partial charge in [-0.3, -0.25) is 0 Å². The fourth-order valence-corrected chi connectivity index (χ4v) is 1.51. The standard InChI is InChI=1S/C12H16BClN2O4/c1-7(2)20-12(17)8-3-4-9(13(18)19)10(5-8)16-11(15)6-14/h3-5,7,18-19H,6H2,1-2H3,(H2,15,16). The van der Waals surface area contributed by atoms with Crippen molar-refractivity contribution in [3.8, 4) is 0 Å². The summed E-state index contributed by atoms with van der Waals surface area (Å²) >= 11 is 5.53. The average molecular weight is 299 g/mol. The smallest absolute Gasteiger partial charge is 0.459 e. The fourth-order valence-electron chi connectivity index (χ4n) is 1.45. The van der Waals surface area contributed by atoms with E-state index in [9.17, 15) is 14.8 Å². The van der Waals surface area contributed by atoms with E-state index < -0.39 is 13.1 Å². The molecule has 0 aliphatic carbocycles. The second kappa shape index (κ2) is 7.28. The van der Waals surface area contributed by atoms with E-state index in [2.05, 4.69) is 4.99 Å². The molecule has 0 saturated carbocycles. The lowest BCUT2D eigenvalue weighted by molar-refractivity contribution is 0.0378. The van der Waals surface area contributed by atoms with Gasteiger partial charge in [0.15, 0.2) is 0 Å². The molecule has 0 spiro atoms. The molecule has 1 aromatic carbocycles. The Morgan fingerprint density at radius 2 is 2.15 bits per heavy atom. The van der Waals surface area contributed by atoms with Crippen LogP contribution in [0.3, 0.4) is 0 Å². The lowest BCUT2D eigenvalue weighted by atomic mass is 9.78. The summed E-state index contributed by atoms with van der Waals surface area (Å²) in [4.78, 5) is 15.7. The number of esters is 1. The van der Waals surface area contributed by atoms with E-state index in [4.69, 9.17) is 22.1 Å². The van der Waals surface area contributed by atoms with Crippen LogP contribution in [-0.4, -0.2) is 41.0 Å². The van der Waals surface area contributed by atoms with Gasteiger partial charge >= 0.3 is 13.1 Å². The molecule has 0 atom stereocenters. The summed E-state index contributed by atoms with van der Waals surface area (Å²) in [5, 5.41) is 18.5. The molecule has 0 bridgehead atoms. The van der Waals surface area contributed by atoms with E-state index in [1.165, 1.54) is 18.2 Å². The normalized spacial score (nSPS) is 11.6. The number of hydrogen-bond acceptors (Lipinski definition) is 5. The topological polar surface area (TPSA) is 105 Å². The number of rotatable bonds is 5. The lowest BCUT2D eigenvalue weighted by Gasteiger charge is -2.10. The van der Waals surface area contributed by atoms with Gasteiger partial charge in [-0.15, -0.1) is 11.6 Å². The number of benzene rings is 1. The molecule has 0 aliphatic rings. The number of alkyl halides is 1. The first-order chi connectivity index (χ1) is 9.35. The Balaban J connectivity index is 3.20. The van der Waals surface area contributed by atoms with Crippen molar-refractivity contribution < 1.29 is 19.6 Å². The van der Waals surface area contributed by atoms with Crippen LogP contribution in [0.1, 0.15) is 24.2 Å². The van der Waals surface area contributed by atoms with Crippen molar-refractivity contribution in [1.82, 2.24) is 0 Å². The van der Waals surface area contributed by atoms with Crippen LogP contribution in [0.25, 0.3) is 0 Å². The fraction of sp³-hybridized carbons (Fsp3) is 0.333. The van der Waals surface area contributed by atoms with Gasteiger partial charge in [-0.1, -0.05) is 6.07 Å². The predicted molar refractivity (Wildman–Crippen MR) is 78.8 cm³/mol. The number of carbonyl (C=O) groups is 1. The van der Waals surface area contributed by atoms with Crippen LogP contribution >= 0.6 is 11.6 Å². The number of nitrogens with zero attached hydrogens (tertiary/aromatic N) is 1. The minimum absolute atomic E-state index is 0.0123. The SMILES string of the molecule is CC(C)OC(=O)c1ccc(B(O)O)c(N=C(N)CCl)c1. The molecule has 0 fully saturated rings. The molecule has 1 rings (SSSR count). The zero-order valence-electron chi connectivity index (χ0n) is 11.2. The van der Waals surface area contributed by atoms with Gasteiger partial charge in [0.1, 0.15) is 5.84 Å². The molecule has 0 radical (unpaired) electrons. The maximum Gasteiger partial charge on any atom is 0.490 e. The van der Waals surface area contributed by atoms with Crippen LogP contribution in [0.4, 0.5) is 5.69 Å². The highest BCUT2D eigenvalue weighted by Gasteiger charge is 2.19. The van der Waals surface area contributed by atoms with Gasteiger partial charge in [0, 0.05) is 5.46 Å². The second-order valence-corrected chi connectivity index (χ2v) is 4.61. The molecule has 108 valence electrons. The number of hydrogen-bond donors (Lipinski definition) is 3. The summed E-state index contributed by atoms with van der Waals surface area (Å²) in [5.74, 6) is -0.440. The molecule has 0 aliphatic heterocycles. The Morgan fingerprint density at radius 1 is 1.50 bits per heavy atom. The van der Waals surface area contributed by atoms with E-state index in [-0.39, 0.29) is 34.5 Å². The van der Waals surface area contributed by atoms with E-state index in [0.29, 0.717) is 0 Å². The van der Waals surface area contributed by atoms with Crippen molar-refractivity contribution in [3.63, 3.8) is 0 Å². The summed E-state index contributed by atoms with van der Waals surface area (Å²) in [6.45, 7) is 3.46. The molecule has 8 heteroatoms. The van der Waals surface area contributed by atoms with E-state index in [1.54, 1.807) is 13.8 Å². The zero-order chi connectivity index (χ0) is 15.3. The minimum atomic E-state index is -1.73. The van der Waals surface area contributed by atoms with Crippen molar-refractivity contribution in [2.24, 2.45) is 10.7 Å². The van der Waals surface area contributed by atoms with Gasteiger partial charge in [0.05, 0.1) is 23.2 Å². The number of nitrogens with two attached hydrogens (primary N) is 1. The number of carbonyl (C=O) groups excluding carboxylic acids is 1. The van der Waals surface area contributed by atoms with Crippen LogP contribution in [0.15, 0.2) is 23.2 Å². The molecule has 0 saturated heterocycles. The molecule has 0 unspecified atom stereocenters. The molecule has 0 aromatic heterocycles. The molecule has 6 nitrogen and oxygen atoms in total. The Kier molecular flexibility index (Phi) is 6.00. The highest BCUT2D eigenvalue weighted by atomic mass is 35.5. The van der Waals surface area contributed by atoms with Crippen molar-refractivity contribution >= 4 is 41.7 Å².